The van der Waals surface area contributed by atoms with Crippen molar-refractivity contribution in [3.63, 3.8) is 0 Å². The number of para-hydroxylation sites is 5. The molecule has 256 valence electrons. The Balaban J connectivity index is 1.20. The first-order chi connectivity index (χ1) is 27.3. The summed E-state index contributed by atoms with van der Waals surface area (Å²) in [4.78, 5) is 0. The van der Waals surface area contributed by atoms with Gasteiger partial charge < -0.3 is 13.7 Å². The highest BCUT2D eigenvalue weighted by Crippen LogP contribution is 2.44. The maximum Gasteiger partial charge on any atom is 0.0547 e. The second kappa shape index (κ2) is 11.6. The maximum absolute atomic E-state index is 2.46. The van der Waals surface area contributed by atoms with E-state index in [9.17, 15) is 0 Å². The van der Waals surface area contributed by atoms with Crippen LogP contribution in [0.1, 0.15) is 0 Å². The Kier molecular flexibility index (Phi) is 6.34. The Bertz CT molecular complexity index is 3460. The summed E-state index contributed by atoms with van der Waals surface area (Å²) in [6.07, 6.45) is 2.20. The minimum Gasteiger partial charge on any atom is -0.317 e. The van der Waals surface area contributed by atoms with Gasteiger partial charge in [-0.25, -0.2) is 0 Å². The van der Waals surface area contributed by atoms with Crippen LogP contribution in [0.5, 0.6) is 0 Å². The lowest BCUT2D eigenvalue weighted by Crippen LogP contribution is -1.94. The Morgan fingerprint density at radius 2 is 0.818 bits per heavy atom. The lowest BCUT2D eigenvalue weighted by atomic mass is 9.91. The Morgan fingerprint density at radius 1 is 0.273 bits per heavy atom. The van der Waals surface area contributed by atoms with Gasteiger partial charge in [-0.1, -0.05) is 97.1 Å². The van der Waals surface area contributed by atoms with E-state index in [2.05, 4.69) is 214 Å². The van der Waals surface area contributed by atoms with E-state index in [1.165, 1.54) is 92.9 Å². The molecule has 3 heteroatoms. The zero-order valence-corrected chi connectivity index (χ0v) is 29.9. The van der Waals surface area contributed by atoms with Crippen LogP contribution in [-0.2, 0) is 0 Å². The molecule has 0 amide bonds. The highest BCUT2D eigenvalue weighted by atomic mass is 15.0. The summed E-state index contributed by atoms with van der Waals surface area (Å²) in [5, 5.41) is 11.2. The van der Waals surface area contributed by atoms with Crippen LogP contribution in [0.15, 0.2) is 200 Å². The van der Waals surface area contributed by atoms with Crippen LogP contribution in [0.3, 0.4) is 0 Å². The Hall–Kier alpha value is -7.36. The summed E-state index contributed by atoms with van der Waals surface area (Å²) >= 11 is 0. The topological polar surface area (TPSA) is 14.8 Å². The second-order valence-corrected chi connectivity index (χ2v) is 14.6. The third-order valence-corrected chi connectivity index (χ3v) is 11.6. The van der Waals surface area contributed by atoms with Crippen molar-refractivity contribution in [3.8, 4) is 28.2 Å². The smallest absolute Gasteiger partial charge is 0.0547 e. The number of hydrogen-bond acceptors (Lipinski definition) is 0. The summed E-state index contributed by atoms with van der Waals surface area (Å²) < 4.78 is 7.13. The monoisotopic (exact) mass is 699 g/mol. The van der Waals surface area contributed by atoms with Crippen molar-refractivity contribution < 1.29 is 0 Å². The van der Waals surface area contributed by atoms with Crippen LogP contribution in [0.25, 0.3) is 104 Å². The van der Waals surface area contributed by atoms with Crippen LogP contribution in [0, 0.1) is 0 Å². The molecule has 0 unspecified atom stereocenters. The number of aromatic nitrogens is 3. The number of fused-ring (bicyclic) bond motifs is 10. The average molecular weight is 700 g/mol. The molecule has 3 aromatic heterocycles. The molecule has 0 spiro atoms. The largest absolute Gasteiger partial charge is 0.317 e. The van der Waals surface area contributed by atoms with E-state index in [1.807, 2.05) is 0 Å². The van der Waals surface area contributed by atoms with E-state index in [0.717, 1.165) is 11.4 Å². The van der Waals surface area contributed by atoms with E-state index in [-0.39, 0.29) is 0 Å². The minimum atomic E-state index is 1.16. The molecule has 0 radical (unpaired) electrons. The quantitative estimate of drug-likeness (QED) is 0.162. The van der Waals surface area contributed by atoms with Gasteiger partial charge in [-0.05, 0) is 130 Å². The lowest BCUT2D eigenvalue weighted by molar-refractivity contribution is 1.13. The fourth-order valence-electron chi connectivity index (χ4n) is 9.15. The van der Waals surface area contributed by atoms with Crippen molar-refractivity contribution in [2.75, 3.05) is 0 Å². The van der Waals surface area contributed by atoms with Crippen LogP contribution < -0.4 is 0 Å². The zero-order chi connectivity index (χ0) is 36.0. The van der Waals surface area contributed by atoms with Gasteiger partial charge in [0.05, 0.1) is 27.6 Å². The van der Waals surface area contributed by atoms with Gasteiger partial charge >= 0.3 is 0 Å². The third kappa shape index (κ3) is 4.44. The number of rotatable bonds is 4. The van der Waals surface area contributed by atoms with E-state index < -0.39 is 0 Å². The molecule has 12 rings (SSSR count). The Labute approximate surface area is 317 Å². The van der Waals surface area contributed by atoms with Crippen molar-refractivity contribution in [1.29, 1.82) is 0 Å². The summed E-state index contributed by atoms with van der Waals surface area (Å²) in [6.45, 7) is 0. The first-order valence-corrected chi connectivity index (χ1v) is 18.9. The second-order valence-electron chi connectivity index (χ2n) is 14.6. The predicted molar refractivity (Wildman–Crippen MR) is 232 cm³/mol. The molecule has 3 nitrogen and oxygen atoms in total. The van der Waals surface area contributed by atoms with Gasteiger partial charge in [0.25, 0.3) is 0 Å². The van der Waals surface area contributed by atoms with Gasteiger partial charge in [-0.3, -0.25) is 0 Å². The highest BCUT2D eigenvalue weighted by Gasteiger charge is 2.19. The van der Waals surface area contributed by atoms with E-state index in [1.54, 1.807) is 0 Å². The van der Waals surface area contributed by atoms with E-state index in [4.69, 9.17) is 0 Å². The van der Waals surface area contributed by atoms with Crippen LogP contribution in [0.4, 0.5) is 0 Å². The number of nitrogens with zero attached hydrogens (tertiary/aromatic N) is 3. The zero-order valence-electron chi connectivity index (χ0n) is 29.9. The molecule has 0 aliphatic rings. The molecule has 55 heavy (non-hydrogen) atoms. The molecule has 3 heterocycles. The molecule has 0 aliphatic heterocycles. The molecule has 0 atom stereocenters. The number of benzene rings is 9. The van der Waals surface area contributed by atoms with Gasteiger partial charge in [0.1, 0.15) is 0 Å². The first kappa shape index (κ1) is 30.1. The predicted octanol–water partition coefficient (Wildman–Crippen LogP) is 13.8. The standard InChI is InChI=1S/C52H33N3/c1-4-14-37(15-5-1)53-27-26-35-28-36-30-42(34-24-25-50-46(29-34)40-20-10-12-22-48(40)54(50)38-16-6-2-7-17-38)44-31-47-41-21-11-13-23-49(41)55(39-18-8-3-9-19-39)52(47)33-45(44)43(36)32-51(35)53/h1-33H. The molecule has 0 saturated heterocycles. The van der Waals surface area contributed by atoms with Crippen LogP contribution in [-0.4, -0.2) is 13.7 Å². The summed E-state index contributed by atoms with van der Waals surface area (Å²) in [7, 11) is 0. The normalized spacial score (nSPS) is 12.0. The van der Waals surface area contributed by atoms with Gasteiger partial charge in [0.2, 0.25) is 0 Å². The van der Waals surface area contributed by atoms with Gasteiger partial charge in [-0.2, -0.15) is 0 Å². The number of hydrogen-bond donors (Lipinski definition) is 0. The van der Waals surface area contributed by atoms with E-state index in [0.29, 0.717) is 0 Å². The van der Waals surface area contributed by atoms with Crippen molar-refractivity contribution in [2.45, 2.75) is 0 Å². The van der Waals surface area contributed by atoms with Gasteiger partial charge in [-0.15, -0.1) is 0 Å². The van der Waals surface area contributed by atoms with E-state index >= 15 is 0 Å². The third-order valence-electron chi connectivity index (χ3n) is 11.6. The van der Waals surface area contributed by atoms with Crippen LogP contribution in [0.2, 0.25) is 0 Å². The fraction of sp³-hybridized carbons (Fsp3) is 0. The molecule has 9 aromatic carbocycles. The average Bonchev–Trinajstić information content (AvgIpc) is 3.92. The Morgan fingerprint density at radius 3 is 1.49 bits per heavy atom. The maximum atomic E-state index is 2.46. The molecule has 0 N–H and O–H groups in total. The van der Waals surface area contributed by atoms with Gasteiger partial charge in [0, 0.05) is 50.2 Å². The highest BCUT2D eigenvalue weighted by molar-refractivity contribution is 6.23. The fourth-order valence-corrected chi connectivity index (χ4v) is 9.15. The molecule has 0 bridgehead atoms. The molecule has 0 fully saturated rings. The van der Waals surface area contributed by atoms with Gasteiger partial charge in [0.15, 0.2) is 0 Å². The summed E-state index contributed by atoms with van der Waals surface area (Å²) in [5.41, 5.74) is 12.0. The summed E-state index contributed by atoms with van der Waals surface area (Å²) in [6, 6.07) is 71.2. The van der Waals surface area contributed by atoms with Crippen molar-refractivity contribution in [2.24, 2.45) is 0 Å². The first-order valence-electron chi connectivity index (χ1n) is 18.9. The molecule has 12 aromatic rings. The molecular weight excluding hydrogens is 667 g/mol. The molecular formula is C52H33N3. The van der Waals surface area contributed by atoms with Crippen LogP contribution >= 0.6 is 0 Å². The van der Waals surface area contributed by atoms with Crippen molar-refractivity contribution >= 4 is 76.1 Å². The lowest BCUT2D eigenvalue weighted by Gasteiger charge is -2.15. The summed E-state index contributed by atoms with van der Waals surface area (Å²) in [5.74, 6) is 0. The molecule has 0 aliphatic carbocycles. The van der Waals surface area contributed by atoms with Crippen molar-refractivity contribution in [1.82, 2.24) is 13.7 Å². The minimum absolute atomic E-state index is 1.16. The SMILES string of the molecule is c1ccc(-n2ccc3cc4cc(-c5ccc6c(c5)c5ccccc5n6-c5ccccc5)c5cc6c7ccccc7n(-c7ccccc7)c6cc5c4cc32)cc1. The molecule has 0 saturated carbocycles. The van der Waals surface area contributed by atoms with Crippen molar-refractivity contribution in [3.05, 3.63) is 200 Å².